The molecule has 3 aromatic rings. The Kier molecular flexibility index (Phi) is 2.87. The van der Waals surface area contributed by atoms with E-state index in [2.05, 4.69) is 22.0 Å². The van der Waals surface area contributed by atoms with Crippen LogP contribution in [0.25, 0.3) is 16.9 Å². The zero-order valence-corrected chi connectivity index (χ0v) is 10.6. The molecule has 1 aromatic carbocycles. The van der Waals surface area contributed by atoms with Gasteiger partial charge in [-0.3, -0.25) is 9.78 Å². The third-order valence-electron chi connectivity index (χ3n) is 3.02. The fraction of sp³-hybridized carbons (Fsp3) is 0.214. The SMILES string of the molecule is CCCc1ccc2nc(-n3cccn3)[nH]c(=O)c2c1. The van der Waals surface area contributed by atoms with Crippen LogP contribution in [-0.2, 0) is 6.42 Å². The van der Waals surface area contributed by atoms with Crippen LogP contribution in [0.3, 0.4) is 0 Å². The molecule has 5 heteroatoms. The highest BCUT2D eigenvalue weighted by atomic mass is 16.1. The van der Waals surface area contributed by atoms with Crippen molar-refractivity contribution in [3.8, 4) is 5.95 Å². The number of hydrogen-bond acceptors (Lipinski definition) is 3. The lowest BCUT2D eigenvalue weighted by Crippen LogP contribution is -2.14. The second-order valence-electron chi connectivity index (χ2n) is 4.44. The van der Waals surface area contributed by atoms with Crippen LogP contribution in [0.4, 0.5) is 0 Å². The summed E-state index contributed by atoms with van der Waals surface area (Å²) >= 11 is 0. The van der Waals surface area contributed by atoms with Gasteiger partial charge < -0.3 is 0 Å². The second kappa shape index (κ2) is 4.68. The van der Waals surface area contributed by atoms with Crippen LogP contribution in [0.2, 0.25) is 0 Å². The van der Waals surface area contributed by atoms with E-state index >= 15 is 0 Å². The summed E-state index contributed by atoms with van der Waals surface area (Å²) in [6, 6.07) is 7.61. The van der Waals surface area contributed by atoms with E-state index in [-0.39, 0.29) is 5.56 Å². The standard InChI is InChI=1S/C14H14N4O/c1-2-4-10-5-6-12-11(9-10)13(19)17-14(16-12)18-8-3-7-15-18/h3,5-9H,2,4H2,1H3,(H,16,17,19). The number of hydrogen-bond donors (Lipinski definition) is 1. The fourth-order valence-electron chi connectivity index (χ4n) is 2.12. The number of H-pyrrole nitrogens is 1. The van der Waals surface area contributed by atoms with Crippen molar-refractivity contribution in [2.75, 3.05) is 0 Å². The van der Waals surface area contributed by atoms with E-state index in [1.807, 2.05) is 18.2 Å². The van der Waals surface area contributed by atoms with Gasteiger partial charge in [-0.1, -0.05) is 19.4 Å². The lowest BCUT2D eigenvalue weighted by Gasteiger charge is -2.04. The topological polar surface area (TPSA) is 63.6 Å². The zero-order chi connectivity index (χ0) is 13.2. The lowest BCUT2D eigenvalue weighted by molar-refractivity contribution is 0.810. The Morgan fingerprint density at radius 3 is 3.00 bits per heavy atom. The van der Waals surface area contributed by atoms with E-state index in [4.69, 9.17) is 0 Å². The first-order valence-corrected chi connectivity index (χ1v) is 6.31. The molecule has 0 fully saturated rings. The second-order valence-corrected chi connectivity index (χ2v) is 4.44. The number of aromatic amines is 1. The number of nitrogens with one attached hydrogen (secondary N) is 1. The van der Waals surface area contributed by atoms with Gasteiger partial charge in [-0.05, 0) is 30.2 Å². The van der Waals surface area contributed by atoms with Gasteiger partial charge in [0.1, 0.15) is 0 Å². The first-order valence-electron chi connectivity index (χ1n) is 6.31. The summed E-state index contributed by atoms with van der Waals surface area (Å²) in [7, 11) is 0. The molecule has 19 heavy (non-hydrogen) atoms. The molecule has 5 nitrogen and oxygen atoms in total. The van der Waals surface area contributed by atoms with Crippen molar-refractivity contribution in [1.82, 2.24) is 19.7 Å². The van der Waals surface area contributed by atoms with Gasteiger partial charge in [0, 0.05) is 12.4 Å². The molecule has 0 spiro atoms. The summed E-state index contributed by atoms with van der Waals surface area (Å²) in [5.74, 6) is 0.436. The molecule has 0 amide bonds. The molecule has 0 unspecified atom stereocenters. The number of benzene rings is 1. The monoisotopic (exact) mass is 254 g/mol. The largest absolute Gasteiger partial charge is 0.290 e. The molecule has 0 aliphatic carbocycles. The van der Waals surface area contributed by atoms with Crippen molar-refractivity contribution < 1.29 is 0 Å². The first kappa shape index (κ1) is 11.6. The molecule has 0 saturated heterocycles. The van der Waals surface area contributed by atoms with Gasteiger partial charge in [-0.25, -0.2) is 9.67 Å². The fourth-order valence-corrected chi connectivity index (χ4v) is 2.12. The Balaban J connectivity index is 2.17. The molecule has 1 N–H and O–H groups in total. The normalized spacial score (nSPS) is 11.0. The molecule has 0 aliphatic heterocycles. The smallest absolute Gasteiger partial charge is 0.260 e. The Labute approximate surface area is 109 Å². The van der Waals surface area contributed by atoms with E-state index in [9.17, 15) is 4.79 Å². The Morgan fingerprint density at radius 1 is 1.37 bits per heavy atom. The minimum atomic E-state index is -0.131. The van der Waals surface area contributed by atoms with E-state index < -0.39 is 0 Å². The van der Waals surface area contributed by atoms with Crippen molar-refractivity contribution in [1.29, 1.82) is 0 Å². The highest BCUT2D eigenvalue weighted by Gasteiger charge is 2.06. The van der Waals surface area contributed by atoms with Gasteiger partial charge in [-0.15, -0.1) is 0 Å². The van der Waals surface area contributed by atoms with Crippen LogP contribution in [-0.4, -0.2) is 19.7 Å². The van der Waals surface area contributed by atoms with Crippen LogP contribution in [0.15, 0.2) is 41.5 Å². The van der Waals surface area contributed by atoms with Crippen molar-refractivity contribution in [3.63, 3.8) is 0 Å². The van der Waals surface area contributed by atoms with E-state index in [0.717, 1.165) is 18.4 Å². The van der Waals surface area contributed by atoms with Crippen LogP contribution < -0.4 is 5.56 Å². The highest BCUT2D eigenvalue weighted by Crippen LogP contribution is 2.12. The van der Waals surface area contributed by atoms with Crippen molar-refractivity contribution in [3.05, 3.63) is 52.6 Å². The summed E-state index contributed by atoms with van der Waals surface area (Å²) in [5.41, 5.74) is 1.72. The summed E-state index contributed by atoms with van der Waals surface area (Å²) in [6.45, 7) is 2.12. The molecule has 2 aromatic heterocycles. The molecule has 96 valence electrons. The molecule has 0 bridgehead atoms. The summed E-state index contributed by atoms with van der Waals surface area (Å²) < 4.78 is 1.54. The third-order valence-corrected chi connectivity index (χ3v) is 3.02. The van der Waals surface area contributed by atoms with Gasteiger partial charge in [0.05, 0.1) is 10.9 Å². The molecule has 3 rings (SSSR count). The molecule has 0 aliphatic rings. The maximum absolute atomic E-state index is 12.1. The predicted molar refractivity (Wildman–Crippen MR) is 73.5 cm³/mol. The highest BCUT2D eigenvalue weighted by molar-refractivity contribution is 5.78. The molecule has 2 heterocycles. The Morgan fingerprint density at radius 2 is 2.26 bits per heavy atom. The van der Waals surface area contributed by atoms with E-state index in [1.165, 1.54) is 0 Å². The quantitative estimate of drug-likeness (QED) is 0.778. The van der Waals surface area contributed by atoms with Gasteiger partial charge in [0.2, 0.25) is 5.95 Å². The average molecular weight is 254 g/mol. The van der Waals surface area contributed by atoms with Gasteiger partial charge in [0.25, 0.3) is 5.56 Å². The number of fused-ring (bicyclic) bond motifs is 1. The lowest BCUT2D eigenvalue weighted by atomic mass is 10.1. The predicted octanol–water partition coefficient (Wildman–Crippen LogP) is 2.06. The minimum Gasteiger partial charge on any atom is -0.290 e. The number of aromatic nitrogens is 4. The van der Waals surface area contributed by atoms with Gasteiger partial charge >= 0.3 is 0 Å². The minimum absolute atomic E-state index is 0.131. The van der Waals surface area contributed by atoms with Crippen molar-refractivity contribution >= 4 is 10.9 Å². The maximum atomic E-state index is 12.1. The molecule has 0 saturated carbocycles. The van der Waals surface area contributed by atoms with Gasteiger partial charge in [0.15, 0.2) is 0 Å². The van der Waals surface area contributed by atoms with Crippen LogP contribution in [0, 0.1) is 0 Å². The molecular formula is C14H14N4O. The van der Waals surface area contributed by atoms with Crippen LogP contribution >= 0.6 is 0 Å². The summed E-state index contributed by atoms with van der Waals surface area (Å²) in [6.07, 6.45) is 5.42. The number of aryl methyl sites for hydroxylation is 1. The maximum Gasteiger partial charge on any atom is 0.260 e. The van der Waals surface area contributed by atoms with Crippen LogP contribution in [0.5, 0.6) is 0 Å². The van der Waals surface area contributed by atoms with Crippen molar-refractivity contribution in [2.24, 2.45) is 0 Å². The third kappa shape index (κ3) is 2.14. The average Bonchev–Trinajstić information content (AvgIpc) is 2.93. The van der Waals surface area contributed by atoms with Crippen LogP contribution in [0.1, 0.15) is 18.9 Å². The first-order chi connectivity index (χ1) is 9.28. The number of rotatable bonds is 3. The van der Waals surface area contributed by atoms with Gasteiger partial charge in [-0.2, -0.15) is 5.10 Å². The van der Waals surface area contributed by atoms with E-state index in [0.29, 0.717) is 16.9 Å². The number of nitrogens with zero attached hydrogens (tertiary/aromatic N) is 3. The molecule has 0 radical (unpaired) electrons. The summed E-state index contributed by atoms with van der Waals surface area (Å²) in [4.78, 5) is 19.3. The zero-order valence-electron chi connectivity index (χ0n) is 10.6. The Hall–Kier alpha value is -2.43. The van der Waals surface area contributed by atoms with E-state index in [1.54, 1.807) is 23.1 Å². The molecular weight excluding hydrogens is 240 g/mol. The summed E-state index contributed by atoms with van der Waals surface area (Å²) in [5, 5.41) is 4.69. The Bertz CT molecular complexity index is 759. The molecule has 0 atom stereocenters. The van der Waals surface area contributed by atoms with Crippen molar-refractivity contribution in [2.45, 2.75) is 19.8 Å².